The van der Waals surface area contributed by atoms with E-state index in [9.17, 15) is 18.0 Å². The van der Waals surface area contributed by atoms with Gasteiger partial charge in [0.2, 0.25) is 5.88 Å². The molecule has 2 aromatic rings. The minimum atomic E-state index is -4.49. The lowest BCUT2D eigenvalue weighted by atomic mass is 10.2. The zero-order valence-electron chi connectivity index (χ0n) is 9.76. The molecule has 0 fully saturated rings. The molecule has 5 nitrogen and oxygen atoms in total. The number of ether oxygens (including phenoxy) is 1. The van der Waals surface area contributed by atoms with E-state index in [2.05, 4.69) is 9.97 Å². The van der Waals surface area contributed by atoms with Crippen LogP contribution in [0.15, 0.2) is 36.7 Å². The number of carboxylic acid groups (broad SMARTS) is 1. The Balaban J connectivity index is 2.26. The van der Waals surface area contributed by atoms with E-state index in [1.54, 1.807) is 0 Å². The number of benzene rings is 1. The zero-order valence-corrected chi connectivity index (χ0v) is 9.76. The minimum Gasteiger partial charge on any atom is -0.476 e. The highest BCUT2D eigenvalue weighted by Crippen LogP contribution is 2.32. The standard InChI is InChI=1S/C12H7F3N2O3/c13-12(14,15)7-2-1-3-8(4-7)20-10-6-16-5-9(17-10)11(18)19/h1-6H,(H,18,19). The van der Waals surface area contributed by atoms with Gasteiger partial charge in [-0.2, -0.15) is 13.2 Å². The van der Waals surface area contributed by atoms with Crippen molar-refractivity contribution in [3.8, 4) is 11.6 Å². The summed E-state index contributed by atoms with van der Waals surface area (Å²) in [5.74, 6) is -1.63. The van der Waals surface area contributed by atoms with E-state index in [1.807, 2.05) is 0 Å². The maximum Gasteiger partial charge on any atom is 0.416 e. The predicted molar refractivity (Wildman–Crippen MR) is 60.5 cm³/mol. The van der Waals surface area contributed by atoms with E-state index in [0.717, 1.165) is 24.5 Å². The second kappa shape index (κ2) is 5.16. The molecule has 0 spiro atoms. The first-order valence-corrected chi connectivity index (χ1v) is 5.27. The van der Waals surface area contributed by atoms with Crippen molar-refractivity contribution in [3.05, 3.63) is 47.9 Å². The SMILES string of the molecule is O=C(O)c1cncc(Oc2cccc(C(F)(F)F)c2)n1. The molecule has 104 valence electrons. The molecular weight excluding hydrogens is 277 g/mol. The van der Waals surface area contributed by atoms with Crippen molar-refractivity contribution in [2.24, 2.45) is 0 Å². The van der Waals surface area contributed by atoms with Crippen LogP contribution in [0.1, 0.15) is 16.1 Å². The molecule has 1 aromatic heterocycles. The van der Waals surface area contributed by atoms with Crippen LogP contribution in [0.3, 0.4) is 0 Å². The first-order valence-electron chi connectivity index (χ1n) is 5.27. The maximum absolute atomic E-state index is 12.5. The quantitative estimate of drug-likeness (QED) is 0.938. The average Bonchev–Trinajstić information content (AvgIpc) is 2.38. The molecule has 2 rings (SSSR count). The number of hydrogen-bond donors (Lipinski definition) is 1. The normalized spacial score (nSPS) is 11.2. The van der Waals surface area contributed by atoms with Gasteiger partial charge in [0.25, 0.3) is 0 Å². The molecule has 0 aliphatic rings. The molecule has 0 unspecified atom stereocenters. The molecular formula is C12H7F3N2O3. The van der Waals surface area contributed by atoms with Crippen LogP contribution < -0.4 is 4.74 Å². The molecule has 0 atom stereocenters. The fourth-order valence-electron chi connectivity index (χ4n) is 1.36. The number of aromatic carboxylic acids is 1. The van der Waals surface area contributed by atoms with Gasteiger partial charge in [-0.3, -0.25) is 4.98 Å². The molecule has 0 amide bonds. The smallest absolute Gasteiger partial charge is 0.416 e. The Kier molecular flexibility index (Phi) is 3.55. The highest BCUT2D eigenvalue weighted by Gasteiger charge is 2.30. The summed E-state index contributed by atoms with van der Waals surface area (Å²) >= 11 is 0. The highest BCUT2D eigenvalue weighted by molar-refractivity contribution is 5.84. The van der Waals surface area contributed by atoms with E-state index in [-0.39, 0.29) is 17.3 Å². The Hall–Kier alpha value is -2.64. The molecule has 1 N–H and O–H groups in total. The molecule has 1 aromatic carbocycles. The minimum absolute atomic E-state index is 0.114. The first-order chi connectivity index (χ1) is 9.36. The van der Waals surface area contributed by atoms with Crippen LogP contribution in [0.25, 0.3) is 0 Å². The Labute approximate surface area is 110 Å². The molecule has 8 heteroatoms. The summed E-state index contributed by atoms with van der Waals surface area (Å²) < 4.78 is 42.6. The number of aromatic nitrogens is 2. The van der Waals surface area contributed by atoms with E-state index in [0.29, 0.717) is 0 Å². The highest BCUT2D eigenvalue weighted by atomic mass is 19.4. The molecule has 20 heavy (non-hydrogen) atoms. The molecule has 0 saturated heterocycles. The van der Waals surface area contributed by atoms with Crippen LogP contribution in [-0.2, 0) is 6.18 Å². The summed E-state index contributed by atoms with van der Waals surface area (Å²) in [6.45, 7) is 0. The van der Waals surface area contributed by atoms with Crippen LogP contribution in [0.2, 0.25) is 0 Å². The number of carboxylic acids is 1. The number of halogens is 3. The lowest BCUT2D eigenvalue weighted by Gasteiger charge is -2.09. The van der Waals surface area contributed by atoms with E-state index >= 15 is 0 Å². The first kappa shape index (κ1) is 13.8. The van der Waals surface area contributed by atoms with Gasteiger partial charge >= 0.3 is 12.1 Å². The third-order valence-electron chi connectivity index (χ3n) is 2.22. The summed E-state index contributed by atoms with van der Waals surface area (Å²) in [7, 11) is 0. The third kappa shape index (κ3) is 3.22. The van der Waals surface area contributed by atoms with E-state index < -0.39 is 17.7 Å². The van der Waals surface area contributed by atoms with Crippen LogP contribution >= 0.6 is 0 Å². The summed E-state index contributed by atoms with van der Waals surface area (Å²) in [5, 5.41) is 8.72. The Morgan fingerprint density at radius 3 is 2.65 bits per heavy atom. The summed E-state index contributed by atoms with van der Waals surface area (Å²) in [6.07, 6.45) is -2.39. The molecule has 0 saturated carbocycles. The number of nitrogens with zero attached hydrogens (tertiary/aromatic N) is 2. The van der Waals surface area contributed by atoms with Gasteiger partial charge in [0.1, 0.15) is 5.75 Å². The fourth-order valence-corrected chi connectivity index (χ4v) is 1.36. The van der Waals surface area contributed by atoms with Crippen molar-refractivity contribution < 1.29 is 27.8 Å². The van der Waals surface area contributed by atoms with Crippen LogP contribution in [0.4, 0.5) is 13.2 Å². The van der Waals surface area contributed by atoms with Crippen molar-refractivity contribution in [1.82, 2.24) is 9.97 Å². The van der Waals surface area contributed by atoms with Gasteiger partial charge in [0, 0.05) is 0 Å². The van der Waals surface area contributed by atoms with Crippen molar-refractivity contribution in [2.75, 3.05) is 0 Å². The van der Waals surface area contributed by atoms with Gasteiger partial charge in [-0.15, -0.1) is 0 Å². The summed E-state index contributed by atoms with van der Waals surface area (Å²) in [6, 6.07) is 4.15. The van der Waals surface area contributed by atoms with Gasteiger partial charge < -0.3 is 9.84 Å². The Morgan fingerprint density at radius 2 is 2.00 bits per heavy atom. The third-order valence-corrected chi connectivity index (χ3v) is 2.22. The molecule has 0 radical (unpaired) electrons. The largest absolute Gasteiger partial charge is 0.476 e. The molecule has 1 heterocycles. The Bertz CT molecular complexity index is 644. The lowest BCUT2D eigenvalue weighted by Crippen LogP contribution is -2.05. The van der Waals surface area contributed by atoms with E-state index in [4.69, 9.17) is 9.84 Å². The lowest BCUT2D eigenvalue weighted by molar-refractivity contribution is -0.137. The predicted octanol–water partition coefficient (Wildman–Crippen LogP) is 2.99. The second-order valence-electron chi connectivity index (χ2n) is 3.68. The second-order valence-corrected chi connectivity index (χ2v) is 3.68. The van der Waals surface area contributed by atoms with Crippen LogP contribution in [-0.4, -0.2) is 21.0 Å². The van der Waals surface area contributed by atoms with Gasteiger partial charge in [-0.05, 0) is 18.2 Å². The number of carbonyl (C=O) groups is 1. The Morgan fingerprint density at radius 1 is 1.25 bits per heavy atom. The van der Waals surface area contributed by atoms with Crippen LogP contribution in [0, 0.1) is 0 Å². The van der Waals surface area contributed by atoms with Gasteiger partial charge in [-0.1, -0.05) is 6.07 Å². The van der Waals surface area contributed by atoms with Crippen molar-refractivity contribution >= 4 is 5.97 Å². The van der Waals surface area contributed by atoms with Gasteiger partial charge in [0.05, 0.1) is 18.0 Å². The fraction of sp³-hybridized carbons (Fsp3) is 0.0833. The molecule has 0 bridgehead atoms. The van der Waals surface area contributed by atoms with Crippen LogP contribution in [0.5, 0.6) is 11.6 Å². The number of alkyl halides is 3. The van der Waals surface area contributed by atoms with Crippen molar-refractivity contribution in [1.29, 1.82) is 0 Å². The van der Waals surface area contributed by atoms with Gasteiger partial charge in [-0.25, -0.2) is 9.78 Å². The topological polar surface area (TPSA) is 72.3 Å². The summed E-state index contributed by atoms with van der Waals surface area (Å²) in [4.78, 5) is 17.9. The monoisotopic (exact) mass is 284 g/mol. The van der Waals surface area contributed by atoms with Crippen molar-refractivity contribution in [3.63, 3.8) is 0 Å². The number of rotatable bonds is 3. The van der Waals surface area contributed by atoms with Gasteiger partial charge in [0.15, 0.2) is 5.69 Å². The zero-order chi connectivity index (χ0) is 14.8. The number of hydrogen-bond acceptors (Lipinski definition) is 4. The average molecular weight is 284 g/mol. The molecule has 0 aliphatic carbocycles. The van der Waals surface area contributed by atoms with E-state index in [1.165, 1.54) is 12.1 Å². The summed E-state index contributed by atoms with van der Waals surface area (Å²) in [5.41, 5.74) is -1.24. The maximum atomic E-state index is 12.5. The molecule has 0 aliphatic heterocycles. The van der Waals surface area contributed by atoms with Crippen molar-refractivity contribution in [2.45, 2.75) is 6.18 Å².